The van der Waals surface area contributed by atoms with Crippen LogP contribution in [0.15, 0.2) is 24.3 Å². The van der Waals surface area contributed by atoms with Crippen LogP contribution in [0.4, 0.5) is 5.69 Å². The number of hydrogen-bond acceptors (Lipinski definition) is 1. The van der Waals surface area contributed by atoms with Gasteiger partial charge in [0.25, 0.3) is 0 Å². The number of benzene rings is 1. The molecule has 1 aromatic rings. The first-order valence-corrected chi connectivity index (χ1v) is 6.48. The molecule has 0 aliphatic carbocycles. The summed E-state index contributed by atoms with van der Waals surface area (Å²) < 4.78 is 0. The van der Waals surface area contributed by atoms with E-state index in [2.05, 4.69) is 76.6 Å². The van der Waals surface area contributed by atoms with Gasteiger partial charge in [-0.2, -0.15) is 0 Å². The van der Waals surface area contributed by atoms with E-state index in [4.69, 9.17) is 6.42 Å². The van der Waals surface area contributed by atoms with Crippen molar-refractivity contribution in [3.8, 4) is 12.3 Å². The van der Waals surface area contributed by atoms with Crippen molar-refractivity contribution in [3.05, 3.63) is 29.8 Å². The summed E-state index contributed by atoms with van der Waals surface area (Å²) >= 11 is 0. The van der Waals surface area contributed by atoms with E-state index >= 15 is 0 Å². The summed E-state index contributed by atoms with van der Waals surface area (Å²) in [6, 6.07) is 8.43. The predicted octanol–water partition coefficient (Wildman–Crippen LogP) is 4.26. The molecule has 0 aliphatic heterocycles. The lowest BCUT2D eigenvalue weighted by Gasteiger charge is -2.41. The highest BCUT2D eigenvalue weighted by molar-refractivity contribution is 5.56. The molecular weight excluding hydrogens is 218 g/mol. The number of aryl methyl sites for hydroxylation is 1. The van der Waals surface area contributed by atoms with E-state index in [-0.39, 0.29) is 11.0 Å². The van der Waals surface area contributed by atoms with Crippen LogP contribution in [0.2, 0.25) is 0 Å². The molecule has 1 heteroatoms. The number of hydrogen-bond donors (Lipinski definition) is 0. The van der Waals surface area contributed by atoms with Crippen molar-refractivity contribution < 1.29 is 0 Å². The second kappa shape index (κ2) is 5.06. The molecular formula is C17H25N. The van der Waals surface area contributed by atoms with Gasteiger partial charge in [-0.1, -0.05) is 44.9 Å². The van der Waals surface area contributed by atoms with Crippen LogP contribution < -0.4 is 4.90 Å². The van der Waals surface area contributed by atoms with Crippen molar-refractivity contribution in [1.29, 1.82) is 0 Å². The van der Waals surface area contributed by atoms with Crippen molar-refractivity contribution in [1.82, 2.24) is 0 Å². The average Bonchev–Trinajstić information content (AvgIpc) is 2.26. The van der Waals surface area contributed by atoms with Crippen LogP contribution in [0, 0.1) is 24.7 Å². The van der Waals surface area contributed by atoms with Crippen LogP contribution in [-0.2, 0) is 0 Å². The Morgan fingerprint density at radius 2 is 1.67 bits per heavy atom. The van der Waals surface area contributed by atoms with Gasteiger partial charge in [0, 0.05) is 12.2 Å². The molecule has 18 heavy (non-hydrogen) atoms. The molecule has 0 atom stereocenters. The summed E-state index contributed by atoms with van der Waals surface area (Å²) in [5.41, 5.74) is 2.43. The largest absolute Gasteiger partial charge is 0.355 e. The zero-order chi connectivity index (χ0) is 14.0. The zero-order valence-corrected chi connectivity index (χ0v) is 12.5. The number of terminal acetylenes is 1. The maximum Gasteiger partial charge on any atom is 0.0953 e. The van der Waals surface area contributed by atoms with Crippen LogP contribution in [0.3, 0.4) is 0 Å². The molecule has 0 aliphatic rings. The van der Waals surface area contributed by atoms with Gasteiger partial charge in [-0.15, -0.1) is 6.42 Å². The SMILES string of the molecule is C#CC(C)(C)N(CC(C)(C)C)c1ccccc1C. The molecule has 0 bridgehead atoms. The minimum Gasteiger partial charge on any atom is -0.355 e. The second-order valence-corrected chi connectivity index (χ2v) is 6.64. The Kier molecular flexibility index (Phi) is 4.12. The van der Waals surface area contributed by atoms with Gasteiger partial charge in [0.05, 0.1) is 5.54 Å². The Morgan fingerprint density at radius 1 is 1.11 bits per heavy atom. The Hall–Kier alpha value is -1.42. The van der Waals surface area contributed by atoms with Crippen LogP contribution in [0.5, 0.6) is 0 Å². The summed E-state index contributed by atoms with van der Waals surface area (Å²) in [5.74, 6) is 2.92. The van der Waals surface area contributed by atoms with Crippen molar-refractivity contribution in [2.75, 3.05) is 11.4 Å². The molecule has 0 radical (unpaired) electrons. The fourth-order valence-corrected chi connectivity index (χ4v) is 2.00. The zero-order valence-electron chi connectivity index (χ0n) is 12.5. The minimum absolute atomic E-state index is 0.205. The van der Waals surface area contributed by atoms with Gasteiger partial charge in [-0.3, -0.25) is 0 Å². The van der Waals surface area contributed by atoms with E-state index in [1.54, 1.807) is 0 Å². The Bertz CT molecular complexity index is 443. The molecule has 1 rings (SSSR count). The monoisotopic (exact) mass is 243 g/mol. The van der Waals surface area contributed by atoms with E-state index < -0.39 is 0 Å². The number of anilines is 1. The van der Waals surface area contributed by atoms with E-state index in [1.165, 1.54) is 11.3 Å². The van der Waals surface area contributed by atoms with Gasteiger partial charge in [0.1, 0.15) is 0 Å². The third kappa shape index (κ3) is 3.53. The summed E-state index contributed by atoms with van der Waals surface area (Å²) in [4.78, 5) is 2.34. The Balaban J connectivity index is 3.23. The van der Waals surface area contributed by atoms with E-state index in [1.807, 2.05) is 0 Å². The molecule has 0 saturated heterocycles. The molecule has 1 nitrogen and oxygen atoms in total. The minimum atomic E-state index is -0.278. The predicted molar refractivity (Wildman–Crippen MR) is 80.9 cm³/mol. The topological polar surface area (TPSA) is 3.24 Å². The van der Waals surface area contributed by atoms with Crippen LogP contribution in [0.1, 0.15) is 40.2 Å². The normalized spacial score (nSPS) is 12.1. The van der Waals surface area contributed by atoms with Gasteiger partial charge >= 0.3 is 0 Å². The second-order valence-electron chi connectivity index (χ2n) is 6.64. The van der Waals surface area contributed by atoms with Crippen molar-refractivity contribution >= 4 is 5.69 Å². The molecule has 1 aromatic carbocycles. The first kappa shape index (κ1) is 14.6. The highest BCUT2D eigenvalue weighted by Gasteiger charge is 2.29. The molecule has 0 unspecified atom stereocenters. The highest BCUT2D eigenvalue weighted by Crippen LogP contribution is 2.30. The molecule has 0 heterocycles. The Morgan fingerprint density at radius 3 is 2.11 bits per heavy atom. The lowest BCUT2D eigenvalue weighted by molar-refractivity contribution is 0.381. The van der Waals surface area contributed by atoms with Crippen LogP contribution in [0.25, 0.3) is 0 Å². The van der Waals surface area contributed by atoms with Gasteiger partial charge in [-0.25, -0.2) is 0 Å². The molecule has 0 spiro atoms. The van der Waals surface area contributed by atoms with Gasteiger partial charge in [0.15, 0.2) is 0 Å². The van der Waals surface area contributed by atoms with E-state index in [0.29, 0.717) is 0 Å². The number of rotatable bonds is 3. The highest BCUT2D eigenvalue weighted by atomic mass is 15.2. The summed E-state index contributed by atoms with van der Waals surface area (Å²) in [6.07, 6.45) is 5.72. The Labute approximate surface area is 112 Å². The number of nitrogens with zero attached hydrogens (tertiary/aromatic N) is 1. The first-order chi connectivity index (χ1) is 8.17. The molecule has 0 fully saturated rings. The lowest BCUT2D eigenvalue weighted by atomic mass is 9.91. The van der Waals surface area contributed by atoms with E-state index in [9.17, 15) is 0 Å². The van der Waals surface area contributed by atoms with Gasteiger partial charge < -0.3 is 4.90 Å². The summed E-state index contributed by atoms with van der Waals surface area (Å²) in [5, 5.41) is 0. The van der Waals surface area contributed by atoms with Gasteiger partial charge in [0.2, 0.25) is 0 Å². The first-order valence-electron chi connectivity index (χ1n) is 6.48. The average molecular weight is 243 g/mol. The fraction of sp³-hybridized carbons (Fsp3) is 0.529. The third-order valence-electron chi connectivity index (χ3n) is 3.07. The summed E-state index contributed by atoms with van der Waals surface area (Å²) in [6.45, 7) is 14.0. The quantitative estimate of drug-likeness (QED) is 0.717. The molecule has 0 amide bonds. The number of para-hydroxylation sites is 1. The maximum atomic E-state index is 5.72. The standard InChI is InChI=1S/C17H25N/c1-8-17(6,7)18(13-16(3,4)5)15-12-10-9-11-14(15)2/h1,9-12H,13H2,2-7H3. The summed E-state index contributed by atoms with van der Waals surface area (Å²) in [7, 11) is 0. The molecule has 98 valence electrons. The van der Waals surface area contributed by atoms with Crippen LogP contribution >= 0.6 is 0 Å². The van der Waals surface area contributed by atoms with Gasteiger partial charge in [-0.05, 0) is 37.8 Å². The molecule has 0 N–H and O–H groups in total. The van der Waals surface area contributed by atoms with Crippen molar-refractivity contribution in [2.45, 2.75) is 47.1 Å². The molecule has 0 aromatic heterocycles. The van der Waals surface area contributed by atoms with Crippen molar-refractivity contribution in [3.63, 3.8) is 0 Å². The molecule has 0 saturated carbocycles. The smallest absolute Gasteiger partial charge is 0.0953 e. The maximum absolute atomic E-state index is 5.72. The van der Waals surface area contributed by atoms with Crippen LogP contribution in [-0.4, -0.2) is 12.1 Å². The van der Waals surface area contributed by atoms with Crippen molar-refractivity contribution in [2.24, 2.45) is 5.41 Å². The van der Waals surface area contributed by atoms with E-state index in [0.717, 1.165) is 6.54 Å². The fourth-order valence-electron chi connectivity index (χ4n) is 2.00. The lowest BCUT2D eigenvalue weighted by Crippen LogP contribution is -2.47. The third-order valence-corrected chi connectivity index (χ3v) is 3.07.